The molecule has 0 fully saturated rings. The summed E-state index contributed by atoms with van der Waals surface area (Å²) in [5.41, 5.74) is 9.09. The quantitative estimate of drug-likeness (QED) is 0.854. The first kappa shape index (κ1) is 10.9. The van der Waals surface area contributed by atoms with Crippen molar-refractivity contribution in [2.75, 3.05) is 0 Å². The largest absolute Gasteiger partial charge is 0.326 e. The number of rotatable bonds is 3. The first-order valence-corrected chi connectivity index (χ1v) is 5.54. The van der Waals surface area contributed by atoms with Crippen molar-refractivity contribution in [3.63, 3.8) is 0 Å². The second-order valence-corrected chi connectivity index (χ2v) is 4.21. The van der Waals surface area contributed by atoms with Crippen molar-refractivity contribution in [2.24, 2.45) is 5.73 Å². The van der Waals surface area contributed by atoms with Crippen LogP contribution in [0.5, 0.6) is 0 Å². The van der Waals surface area contributed by atoms with Crippen LogP contribution in [0.2, 0.25) is 0 Å². The monoisotopic (exact) mass is 215 g/mol. The molecule has 2 N–H and O–H groups in total. The van der Waals surface area contributed by atoms with Gasteiger partial charge in [-0.1, -0.05) is 26.0 Å². The van der Waals surface area contributed by atoms with Gasteiger partial charge in [-0.3, -0.25) is 0 Å². The molecule has 1 aromatic heterocycles. The molecule has 0 aliphatic carbocycles. The fraction of sp³-hybridized carbons (Fsp3) is 0.308. The molecule has 84 valence electrons. The molecule has 0 spiro atoms. The van der Waals surface area contributed by atoms with Gasteiger partial charge in [-0.05, 0) is 23.6 Å². The lowest BCUT2D eigenvalue weighted by Gasteiger charge is -2.11. The first-order valence-electron chi connectivity index (χ1n) is 5.54. The molecule has 0 amide bonds. The zero-order valence-electron chi connectivity index (χ0n) is 9.72. The van der Waals surface area contributed by atoms with Gasteiger partial charge in [-0.25, -0.2) is 4.98 Å². The molecule has 0 bridgehead atoms. The van der Waals surface area contributed by atoms with Crippen LogP contribution in [0.4, 0.5) is 0 Å². The second-order valence-electron chi connectivity index (χ2n) is 4.21. The molecule has 3 nitrogen and oxygen atoms in total. The minimum atomic E-state index is 0.469. The molecular formula is C13H17N3. The fourth-order valence-corrected chi connectivity index (χ4v) is 1.74. The lowest BCUT2D eigenvalue weighted by Crippen LogP contribution is -2.01. The Kier molecular flexibility index (Phi) is 3.06. The Hall–Kier alpha value is -1.61. The minimum absolute atomic E-state index is 0.469. The van der Waals surface area contributed by atoms with Gasteiger partial charge >= 0.3 is 0 Å². The number of benzene rings is 1. The zero-order valence-corrected chi connectivity index (χ0v) is 9.72. The summed E-state index contributed by atoms with van der Waals surface area (Å²) in [4.78, 5) is 4.20. The van der Waals surface area contributed by atoms with Crippen LogP contribution in [0.3, 0.4) is 0 Å². The number of aromatic nitrogens is 2. The summed E-state index contributed by atoms with van der Waals surface area (Å²) < 4.78 is 2.12. The highest BCUT2D eigenvalue weighted by Gasteiger charge is 2.07. The molecule has 2 aromatic rings. The van der Waals surface area contributed by atoms with E-state index in [-0.39, 0.29) is 0 Å². The minimum Gasteiger partial charge on any atom is -0.326 e. The van der Waals surface area contributed by atoms with E-state index in [1.54, 1.807) is 0 Å². The summed E-state index contributed by atoms with van der Waals surface area (Å²) in [6.45, 7) is 4.92. The normalized spacial score (nSPS) is 11.0. The van der Waals surface area contributed by atoms with E-state index in [4.69, 9.17) is 5.73 Å². The summed E-state index contributed by atoms with van der Waals surface area (Å²) in [5.74, 6) is 0.469. The average molecular weight is 215 g/mol. The topological polar surface area (TPSA) is 43.8 Å². The Morgan fingerprint density at radius 3 is 2.50 bits per heavy atom. The SMILES string of the molecule is CC(C)c1cncn1-c1ccc(CN)cc1. The van der Waals surface area contributed by atoms with Crippen molar-refractivity contribution in [2.45, 2.75) is 26.3 Å². The third kappa shape index (κ3) is 1.99. The standard InChI is InChI=1S/C13H17N3/c1-10(2)13-8-15-9-16(13)12-5-3-11(7-14)4-6-12/h3-6,8-10H,7,14H2,1-2H3. The van der Waals surface area contributed by atoms with Crippen LogP contribution in [0.1, 0.15) is 31.0 Å². The van der Waals surface area contributed by atoms with E-state index < -0.39 is 0 Å². The van der Waals surface area contributed by atoms with E-state index in [1.807, 2.05) is 12.5 Å². The smallest absolute Gasteiger partial charge is 0.0994 e. The second kappa shape index (κ2) is 4.49. The average Bonchev–Trinajstić information content (AvgIpc) is 2.78. The maximum Gasteiger partial charge on any atom is 0.0994 e. The van der Waals surface area contributed by atoms with E-state index in [0.29, 0.717) is 12.5 Å². The predicted octanol–water partition coefficient (Wildman–Crippen LogP) is 2.45. The van der Waals surface area contributed by atoms with E-state index in [1.165, 1.54) is 5.69 Å². The van der Waals surface area contributed by atoms with Crippen LogP contribution in [0.15, 0.2) is 36.8 Å². The summed E-state index contributed by atoms with van der Waals surface area (Å²) >= 11 is 0. The maximum atomic E-state index is 5.58. The molecule has 0 aliphatic heterocycles. The van der Waals surface area contributed by atoms with Crippen molar-refractivity contribution in [3.05, 3.63) is 48.0 Å². The van der Waals surface area contributed by atoms with Gasteiger partial charge in [0.25, 0.3) is 0 Å². The van der Waals surface area contributed by atoms with E-state index in [2.05, 4.69) is 47.7 Å². The number of hydrogen-bond acceptors (Lipinski definition) is 2. The van der Waals surface area contributed by atoms with E-state index in [0.717, 1.165) is 11.3 Å². The molecule has 0 saturated heterocycles. The van der Waals surface area contributed by atoms with Crippen LogP contribution >= 0.6 is 0 Å². The van der Waals surface area contributed by atoms with Crippen molar-refractivity contribution in [3.8, 4) is 5.69 Å². The van der Waals surface area contributed by atoms with Crippen LogP contribution in [0, 0.1) is 0 Å². The zero-order chi connectivity index (χ0) is 11.5. The molecule has 0 saturated carbocycles. The molecule has 0 radical (unpaired) electrons. The van der Waals surface area contributed by atoms with Crippen molar-refractivity contribution in [1.82, 2.24) is 9.55 Å². The lowest BCUT2D eigenvalue weighted by molar-refractivity contribution is 0.787. The van der Waals surface area contributed by atoms with Gasteiger partial charge in [0.2, 0.25) is 0 Å². The van der Waals surface area contributed by atoms with Crippen molar-refractivity contribution < 1.29 is 0 Å². The highest BCUT2D eigenvalue weighted by atomic mass is 15.1. The van der Waals surface area contributed by atoms with Gasteiger partial charge in [-0.2, -0.15) is 0 Å². The molecule has 0 atom stereocenters. The van der Waals surface area contributed by atoms with Crippen LogP contribution in [-0.4, -0.2) is 9.55 Å². The van der Waals surface area contributed by atoms with E-state index in [9.17, 15) is 0 Å². The van der Waals surface area contributed by atoms with Gasteiger partial charge in [0, 0.05) is 24.1 Å². The van der Waals surface area contributed by atoms with Crippen LogP contribution in [-0.2, 0) is 6.54 Å². The summed E-state index contributed by atoms with van der Waals surface area (Å²) in [7, 11) is 0. The molecule has 0 aliphatic rings. The Morgan fingerprint density at radius 2 is 1.94 bits per heavy atom. The number of nitrogens with zero attached hydrogens (tertiary/aromatic N) is 2. The summed E-state index contributed by atoms with van der Waals surface area (Å²) in [6, 6.07) is 8.27. The summed E-state index contributed by atoms with van der Waals surface area (Å²) in [5, 5.41) is 0. The molecular weight excluding hydrogens is 198 g/mol. The van der Waals surface area contributed by atoms with Gasteiger partial charge < -0.3 is 10.3 Å². The number of hydrogen-bond donors (Lipinski definition) is 1. The Labute approximate surface area is 95.9 Å². The molecule has 2 rings (SSSR count). The number of nitrogens with two attached hydrogens (primary N) is 1. The van der Waals surface area contributed by atoms with E-state index >= 15 is 0 Å². The fourth-order valence-electron chi connectivity index (χ4n) is 1.74. The molecule has 16 heavy (non-hydrogen) atoms. The molecule has 1 aromatic carbocycles. The predicted molar refractivity (Wildman–Crippen MR) is 65.5 cm³/mol. The Balaban J connectivity index is 2.38. The van der Waals surface area contributed by atoms with Gasteiger partial charge in [0.15, 0.2) is 0 Å². The Bertz CT molecular complexity index is 454. The molecule has 0 unspecified atom stereocenters. The van der Waals surface area contributed by atoms with Crippen LogP contribution < -0.4 is 5.73 Å². The maximum absolute atomic E-state index is 5.58. The van der Waals surface area contributed by atoms with Gasteiger partial charge in [0.05, 0.1) is 6.33 Å². The highest BCUT2D eigenvalue weighted by Crippen LogP contribution is 2.18. The molecule has 3 heteroatoms. The van der Waals surface area contributed by atoms with Gasteiger partial charge in [0.1, 0.15) is 0 Å². The molecule has 1 heterocycles. The Morgan fingerprint density at radius 1 is 1.25 bits per heavy atom. The highest BCUT2D eigenvalue weighted by molar-refractivity contribution is 5.36. The van der Waals surface area contributed by atoms with Gasteiger partial charge in [-0.15, -0.1) is 0 Å². The van der Waals surface area contributed by atoms with Crippen LogP contribution in [0.25, 0.3) is 5.69 Å². The third-order valence-corrected chi connectivity index (χ3v) is 2.71. The van der Waals surface area contributed by atoms with Crippen molar-refractivity contribution in [1.29, 1.82) is 0 Å². The lowest BCUT2D eigenvalue weighted by atomic mass is 10.1. The summed E-state index contributed by atoms with van der Waals surface area (Å²) in [6.07, 6.45) is 3.77. The third-order valence-electron chi connectivity index (χ3n) is 2.71. The number of imidazole rings is 1. The first-order chi connectivity index (χ1) is 7.72. The van der Waals surface area contributed by atoms with Crippen molar-refractivity contribution >= 4 is 0 Å².